The number of fused-ring (bicyclic) bond motifs is 2. The summed E-state index contributed by atoms with van der Waals surface area (Å²) in [6.45, 7) is 3.60. The zero-order valence-electron chi connectivity index (χ0n) is 19.3. The third-order valence-electron chi connectivity index (χ3n) is 6.27. The van der Waals surface area contributed by atoms with Crippen LogP contribution in [0.25, 0.3) is 32.9 Å². The first kappa shape index (κ1) is 28.3. The fraction of sp³-hybridized carbons (Fsp3) is 0.231. The van der Waals surface area contributed by atoms with Crippen LogP contribution in [0.15, 0.2) is 60.7 Å². The quantitative estimate of drug-likeness (QED) is 0.180. The maximum Gasteiger partial charge on any atom is 0.122 e. The SMILES string of the molecule is CC(=N)N1CCC(Oc2ccc3[nH]c(-c4ccc5ccc(C(=N)N)cc5c4)cc3c2)CC1.Cl.Cl.Cl. The summed E-state index contributed by atoms with van der Waals surface area (Å²) in [7, 11) is 0. The molecule has 0 radical (unpaired) electrons. The first-order chi connectivity index (χ1) is 15.5. The Balaban J connectivity index is 0.00000144. The Morgan fingerprint density at radius 1 is 0.886 bits per heavy atom. The number of hydrogen-bond donors (Lipinski definition) is 4. The summed E-state index contributed by atoms with van der Waals surface area (Å²) in [5, 5.41) is 18.8. The Morgan fingerprint density at radius 3 is 2.29 bits per heavy atom. The number of nitrogen functional groups attached to an aromatic ring is 1. The van der Waals surface area contributed by atoms with Gasteiger partial charge in [-0.2, -0.15) is 0 Å². The number of piperidine rings is 1. The zero-order valence-corrected chi connectivity index (χ0v) is 21.8. The predicted octanol–water partition coefficient (Wildman–Crippen LogP) is 6.38. The van der Waals surface area contributed by atoms with E-state index in [2.05, 4.69) is 46.3 Å². The van der Waals surface area contributed by atoms with Crippen molar-refractivity contribution in [1.82, 2.24) is 9.88 Å². The number of aromatic nitrogens is 1. The van der Waals surface area contributed by atoms with E-state index in [0.717, 1.165) is 70.2 Å². The summed E-state index contributed by atoms with van der Waals surface area (Å²) in [5.41, 5.74) is 9.59. The van der Waals surface area contributed by atoms with Gasteiger partial charge in [0.2, 0.25) is 0 Å². The van der Waals surface area contributed by atoms with Crippen LogP contribution >= 0.6 is 37.2 Å². The van der Waals surface area contributed by atoms with Crippen molar-refractivity contribution < 1.29 is 4.74 Å². The number of benzene rings is 3. The second-order valence-corrected chi connectivity index (χ2v) is 8.51. The van der Waals surface area contributed by atoms with E-state index in [1.165, 1.54) is 0 Å². The average Bonchev–Trinajstić information content (AvgIpc) is 3.22. The fourth-order valence-corrected chi connectivity index (χ4v) is 4.42. The van der Waals surface area contributed by atoms with E-state index in [0.29, 0.717) is 5.84 Å². The van der Waals surface area contributed by atoms with Crippen LogP contribution in [0.4, 0.5) is 0 Å². The molecular weight excluding hydrogens is 505 g/mol. The van der Waals surface area contributed by atoms with Gasteiger partial charge < -0.3 is 20.4 Å². The first-order valence-corrected chi connectivity index (χ1v) is 10.9. The minimum absolute atomic E-state index is 0. The van der Waals surface area contributed by atoms with Crippen LogP contribution in [0.1, 0.15) is 25.3 Å². The van der Waals surface area contributed by atoms with Gasteiger partial charge in [0.15, 0.2) is 0 Å². The number of hydrogen-bond acceptors (Lipinski definition) is 3. The van der Waals surface area contributed by atoms with Crippen molar-refractivity contribution in [2.24, 2.45) is 5.73 Å². The average molecular weight is 535 g/mol. The number of ether oxygens (including phenoxy) is 1. The predicted molar refractivity (Wildman–Crippen MR) is 153 cm³/mol. The van der Waals surface area contributed by atoms with Crippen molar-refractivity contribution in [3.8, 4) is 17.0 Å². The molecule has 1 fully saturated rings. The third-order valence-corrected chi connectivity index (χ3v) is 6.27. The molecule has 5 rings (SSSR count). The summed E-state index contributed by atoms with van der Waals surface area (Å²) >= 11 is 0. The molecule has 1 aliphatic heterocycles. The highest BCUT2D eigenvalue weighted by Crippen LogP contribution is 2.30. The molecule has 0 aliphatic carbocycles. The van der Waals surface area contributed by atoms with Gasteiger partial charge in [0.05, 0.1) is 5.84 Å². The number of likely N-dealkylation sites (tertiary alicyclic amines) is 1. The Kier molecular flexibility index (Phi) is 9.44. The number of nitrogens with one attached hydrogen (secondary N) is 3. The molecule has 186 valence electrons. The van der Waals surface area contributed by atoms with Crippen LogP contribution in [0, 0.1) is 10.8 Å². The van der Waals surface area contributed by atoms with Gasteiger partial charge in [-0.25, -0.2) is 0 Å². The van der Waals surface area contributed by atoms with E-state index in [4.69, 9.17) is 21.3 Å². The molecule has 3 aromatic carbocycles. The summed E-state index contributed by atoms with van der Waals surface area (Å²) in [5.74, 6) is 1.60. The highest BCUT2D eigenvalue weighted by atomic mass is 35.5. The lowest BCUT2D eigenvalue weighted by Gasteiger charge is -2.32. The number of amidine groups is 2. The van der Waals surface area contributed by atoms with Crippen molar-refractivity contribution in [2.75, 3.05) is 13.1 Å². The van der Waals surface area contributed by atoms with Crippen LogP contribution in [0.3, 0.4) is 0 Å². The number of halogens is 3. The molecule has 0 bridgehead atoms. The highest BCUT2D eigenvalue weighted by molar-refractivity contribution is 6.00. The molecule has 0 amide bonds. The van der Waals surface area contributed by atoms with Crippen LogP contribution in [0.2, 0.25) is 0 Å². The number of aromatic amines is 1. The molecule has 0 saturated carbocycles. The molecule has 0 atom stereocenters. The van der Waals surface area contributed by atoms with Gasteiger partial charge >= 0.3 is 0 Å². The van der Waals surface area contributed by atoms with Gasteiger partial charge in [0, 0.05) is 48.1 Å². The maximum atomic E-state index is 7.78. The van der Waals surface area contributed by atoms with E-state index >= 15 is 0 Å². The van der Waals surface area contributed by atoms with E-state index in [9.17, 15) is 0 Å². The van der Waals surface area contributed by atoms with Gasteiger partial charge in [-0.15, -0.1) is 37.2 Å². The van der Waals surface area contributed by atoms with Crippen molar-refractivity contribution in [1.29, 1.82) is 10.8 Å². The van der Waals surface area contributed by atoms with E-state index < -0.39 is 0 Å². The van der Waals surface area contributed by atoms with E-state index in [1.807, 2.05) is 31.2 Å². The van der Waals surface area contributed by atoms with Crippen molar-refractivity contribution in [2.45, 2.75) is 25.9 Å². The molecule has 1 aromatic heterocycles. The molecule has 4 aromatic rings. The molecule has 0 spiro atoms. The van der Waals surface area contributed by atoms with Gasteiger partial charge in [0.1, 0.15) is 17.7 Å². The van der Waals surface area contributed by atoms with Crippen LogP contribution in [-0.4, -0.2) is 40.7 Å². The molecule has 1 aliphatic rings. The molecule has 9 heteroatoms. The van der Waals surface area contributed by atoms with Gasteiger partial charge in [-0.1, -0.05) is 24.3 Å². The third kappa shape index (κ3) is 6.01. The molecule has 0 unspecified atom stereocenters. The molecule has 5 N–H and O–H groups in total. The molecule has 6 nitrogen and oxygen atoms in total. The van der Waals surface area contributed by atoms with E-state index in [-0.39, 0.29) is 49.2 Å². The molecular formula is C26H30Cl3N5O. The smallest absolute Gasteiger partial charge is 0.122 e. The molecule has 2 heterocycles. The normalized spacial score (nSPS) is 13.5. The van der Waals surface area contributed by atoms with Gasteiger partial charge in [-0.3, -0.25) is 10.8 Å². The summed E-state index contributed by atoms with van der Waals surface area (Å²) in [6.07, 6.45) is 2.07. The Bertz CT molecular complexity index is 1350. The molecule has 35 heavy (non-hydrogen) atoms. The van der Waals surface area contributed by atoms with Crippen LogP contribution in [0.5, 0.6) is 5.75 Å². The van der Waals surface area contributed by atoms with Crippen LogP contribution in [-0.2, 0) is 0 Å². The maximum absolute atomic E-state index is 7.78. The summed E-state index contributed by atoms with van der Waals surface area (Å²) < 4.78 is 6.26. The lowest BCUT2D eigenvalue weighted by Crippen LogP contribution is -2.40. The Hall–Kier alpha value is -2.93. The monoisotopic (exact) mass is 533 g/mol. The van der Waals surface area contributed by atoms with E-state index in [1.54, 1.807) is 0 Å². The van der Waals surface area contributed by atoms with Gasteiger partial charge in [0.25, 0.3) is 0 Å². The minimum atomic E-state index is 0. The second kappa shape index (κ2) is 11.7. The first-order valence-electron chi connectivity index (χ1n) is 10.9. The lowest BCUT2D eigenvalue weighted by molar-refractivity contribution is 0.130. The number of nitrogens with two attached hydrogens (primary N) is 1. The van der Waals surface area contributed by atoms with Gasteiger partial charge in [-0.05, 0) is 59.7 Å². The zero-order chi connectivity index (χ0) is 22.2. The summed E-state index contributed by atoms with van der Waals surface area (Å²) in [6, 6.07) is 20.5. The largest absolute Gasteiger partial charge is 0.490 e. The number of H-pyrrole nitrogens is 1. The highest BCUT2D eigenvalue weighted by Gasteiger charge is 2.21. The Labute approximate surface area is 223 Å². The Morgan fingerprint density at radius 2 is 1.60 bits per heavy atom. The molecule has 1 saturated heterocycles. The minimum Gasteiger partial charge on any atom is -0.490 e. The van der Waals surface area contributed by atoms with Crippen molar-refractivity contribution >= 4 is 70.6 Å². The number of nitrogens with zero attached hydrogens (tertiary/aromatic N) is 1. The fourth-order valence-electron chi connectivity index (χ4n) is 4.42. The number of rotatable bonds is 4. The summed E-state index contributed by atoms with van der Waals surface area (Å²) in [4.78, 5) is 5.61. The topological polar surface area (TPSA) is 102 Å². The second-order valence-electron chi connectivity index (χ2n) is 8.51. The lowest BCUT2D eigenvalue weighted by atomic mass is 10.0. The van der Waals surface area contributed by atoms with Crippen molar-refractivity contribution in [3.05, 3.63) is 66.2 Å². The standard InChI is InChI=1S/C26H27N5O.3ClH/c1-16(27)31-10-8-22(9-11-31)32-23-6-7-24-21(14-23)15-25(30-24)18-4-2-17-3-5-19(26(28)29)13-20(17)12-18;;;/h2-7,12-15,22,27,30H,8-11H2,1H3,(H3,28,29);3*1H. The van der Waals surface area contributed by atoms with Crippen molar-refractivity contribution in [3.63, 3.8) is 0 Å². The van der Waals surface area contributed by atoms with Crippen LogP contribution < -0.4 is 10.5 Å².